The first-order valence-electron chi connectivity index (χ1n) is 6.45. The Labute approximate surface area is 118 Å². The fraction of sp³-hybridized carbons (Fsp3) is 0.188. The average molecular weight is 270 g/mol. The molecule has 0 spiro atoms. The Morgan fingerprint density at radius 3 is 2.50 bits per heavy atom. The minimum atomic E-state index is -0.380. The highest BCUT2D eigenvalue weighted by Crippen LogP contribution is 2.12. The molecule has 0 atom stereocenters. The van der Waals surface area contributed by atoms with E-state index in [9.17, 15) is 4.79 Å². The van der Waals surface area contributed by atoms with Crippen LogP contribution in [0.4, 0.5) is 4.79 Å². The SMILES string of the molecule is CN(Cc1cccc(CN)c1)C(=O)Oc1ccccc1. The van der Waals surface area contributed by atoms with E-state index in [-0.39, 0.29) is 6.09 Å². The summed E-state index contributed by atoms with van der Waals surface area (Å²) in [5, 5.41) is 0. The van der Waals surface area contributed by atoms with Crippen LogP contribution in [0.5, 0.6) is 5.75 Å². The lowest BCUT2D eigenvalue weighted by Gasteiger charge is -2.17. The second-order valence-corrected chi connectivity index (χ2v) is 4.56. The quantitative estimate of drug-likeness (QED) is 0.929. The van der Waals surface area contributed by atoms with Gasteiger partial charge in [-0.2, -0.15) is 0 Å². The van der Waals surface area contributed by atoms with Crippen LogP contribution in [0.2, 0.25) is 0 Å². The van der Waals surface area contributed by atoms with E-state index in [1.807, 2.05) is 42.5 Å². The van der Waals surface area contributed by atoms with Gasteiger partial charge in [0.1, 0.15) is 5.75 Å². The lowest BCUT2D eigenvalue weighted by molar-refractivity contribution is 0.161. The molecule has 2 aromatic carbocycles. The van der Waals surface area contributed by atoms with Gasteiger partial charge in [0.05, 0.1) is 0 Å². The van der Waals surface area contributed by atoms with Crippen LogP contribution in [0.3, 0.4) is 0 Å². The Bertz CT molecular complexity index is 570. The molecule has 0 radical (unpaired) electrons. The van der Waals surface area contributed by atoms with Crippen LogP contribution in [0.15, 0.2) is 54.6 Å². The summed E-state index contributed by atoms with van der Waals surface area (Å²) in [4.78, 5) is 13.5. The molecule has 4 heteroatoms. The van der Waals surface area contributed by atoms with Crippen molar-refractivity contribution < 1.29 is 9.53 Å². The van der Waals surface area contributed by atoms with Crippen LogP contribution < -0.4 is 10.5 Å². The van der Waals surface area contributed by atoms with E-state index >= 15 is 0 Å². The number of ether oxygens (including phenoxy) is 1. The van der Waals surface area contributed by atoms with Gasteiger partial charge >= 0.3 is 6.09 Å². The summed E-state index contributed by atoms with van der Waals surface area (Å²) in [6.45, 7) is 0.978. The number of rotatable bonds is 4. The minimum Gasteiger partial charge on any atom is -0.410 e. The first kappa shape index (κ1) is 14.1. The van der Waals surface area contributed by atoms with Gasteiger partial charge in [0, 0.05) is 20.1 Å². The van der Waals surface area contributed by atoms with Gasteiger partial charge in [0.2, 0.25) is 0 Å². The third kappa shape index (κ3) is 3.83. The zero-order chi connectivity index (χ0) is 14.4. The molecule has 0 fully saturated rings. The van der Waals surface area contributed by atoms with Crippen molar-refractivity contribution in [2.75, 3.05) is 7.05 Å². The Kier molecular flexibility index (Phi) is 4.74. The molecule has 104 valence electrons. The molecule has 0 aliphatic heterocycles. The molecule has 1 amide bonds. The highest BCUT2D eigenvalue weighted by atomic mass is 16.6. The largest absolute Gasteiger partial charge is 0.415 e. The smallest absolute Gasteiger partial charge is 0.410 e. The fourth-order valence-corrected chi connectivity index (χ4v) is 1.86. The van der Waals surface area contributed by atoms with Gasteiger partial charge in [-0.3, -0.25) is 0 Å². The first-order chi connectivity index (χ1) is 9.69. The minimum absolute atomic E-state index is 0.380. The van der Waals surface area contributed by atoms with Crippen LogP contribution >= 0.6 is 0 Å². The highest BCUT2D eigenvalue weighted by Gasteiger charge is 2.11. The van der Waals surface area contributed by atoms with Gasteiger partial charge in [-0.1, -0.05) is 42.5 Å². The van der Waals surface area contributed by atoms with Gasteiger partial charge < -0.3 is 15.4 Å². The number of hydrogen-bond donors (Lipinski definition) is 1. The van der Waals surface area contributed by atoms with Crippen molar-refractivity contribution in [2.24, 2.45) is 5.73 Å². The molecular formula is C16H18N2O2. The number of benzene rings is 2. The molecule has 0 aliphatic carbocycles. The molecule has 2 aromatic rings. The lowest BCUT2D eigenvalue weighted by Crippen LogP contribution is -2.29. The van der Waals surface area contributed by atoms with E-state index in [1.165, 1.54) is 4.90 Å². The van der Waals surface area contributed by atoms with Crippen molar-refractivity contribution in [3.63, 3.8) is 0 Å². The van der Waals surface area contributed by atoms with Crippen molar-refractivity contribution in [3.05, 3.63) is 65.7 Å². The predicted octanol–water partition coefficient (Wildman–Crippen LogP) is 2.78. The Morgan fingerprint density at radius 1 is 1.10 bits per heavy atom. The monoisotopic (exact) mass is 270 g/mol. The normalized spacial score (nSPS) is 10.1. The third-order valence-corrected chi connectivity index (χ3v) is 2.91. The number of hydrogen-bond acceptors (Lipinski definition) is 3. The first-order valence-corrected chi connectivity index (χ1v) is 6.45. The van der Waals surface area contributed by atoms with Crippen LogP contribution in [-0.2, 0) is 13.1 Å². The zero-order valence-electron chi connectivity index (χ0n) is 11.5. The maximum absolute atomic E-state index is 12.0. The van der Waals surface area contributed by atoms with E-state index in [0.29, 0.717) is 18.8 Å². The summed E-state index contributed by atoms with van der Waals surface area (Å²) < 4.78 is 5.27. The number of carbonyl (C=O) groups excluding carboxylic acids is 1. The maximum atomic E-state index is 12.0. The van der Waals surface area contributed by atoms with E-state index in [0.717, 1.165) is 11.1 Å². The Balaban J connectivity index is 1.97. The molecule has 0 saturated carbocycles. The van der Waals surface area contributed by atoms with Crippen molar-refractivity contribution in [1.82, 2.24) is 4.90 Å². The highest BCUT2D eigenvalue weighted by molar-refractivity contribution is 5.70. The van der Waals surface area contributed by atoms with Gasteiger partial charge in [-0.05, 0) is 23.3 Å². The van der Waals surface area contributed by atoms with Crippen molar-refractivity contribution in [2.45, 2.75) is 13.1 Å². The molecule has 20 heavy (non-hydrogen) atoms. The molecule has 0 aromatic heterocycles. The zero-order valence-corrected chi connectivity index (χ0v) is 11.5. The second kappa shape index (κ2) is 6.73. The van der Waals surface area contributed by atoms with Crippen LogP contribution in [-0.4, -0.2) is 18.0 Å². The number of nitrogens with two attached hydrogens (primary N) is 1. The Hall–Kier alpha value is -2.33. The molecular weight excluding hydrogens is 252 g/mol. The standard InChI is InChI=1S/C16H18N2O2/c1-18(12-14-7-5-6-13(10-14)11-17)16(19)20-15-8-3-2-4-9-15/h2-10H,11-12,17H2,1H3. The van der Waals surface area contributed by atoms with Gasteiger partial charge in [-0.15, -0.1) is 0 Å². The van der Waals surface area contributed by atoms with E-state index in [4.69, 9.17) is 10.5 Å². The summed E-state index contributed by atoms with van der Waals surface area (Å²) >= 11 is 0. The number of nitrogens with zero attached hydrogens (tertiary/aromatic N) is 1. The molecule has 0 saturated heterocycles. The topological polar surface area (TPSA) is 55.6 Å². The second-order valence-electron chi connectivity index (χ2n) is 4.56. The summed E-state index contributed by atoms with van der Waals surface area (Å²) in [6, 6.07) is 16.9. The van der Waals surface area contributed by atoms with Crippen molar-refractivity contribution in [3.8, 4) is 5.75 Å². The summed E-state index contributed by atoms with van der Waals surface area (Å²) in [5.41, 5.74) is 7.68. The van der Waals surface area contributed by atoms with Gasteiger partial charge in [-0.25, -0.2) is 4.79 Å². The van der Waals surface area contributed by atoms with Crippen molar-refractivity contribution >= 4 is 6.09 Å². The summed E-state index contributed by atoms with van der Waals surface area (Å²) in [7, 11) is 1.71. The van der Waals surface area contributed by atoms with Crippen molar-refractivity contribution in [1.29, 1.82) is 0 Å². The average Bonchev–Trinajstić information content (AvgIpc) is 2.48. The Morgan fingerprint density at radius 2 is 1.80 bits per heavy atom. The van der Waals surface area contributed by atoms with Gasteiger partial charge in [0.25, 0.3) is 0 Å². The maximum Gasteiger partial charge on any atom is 0.415 e. The lowest BCUT2D eigenvalue weighted by atomic mass is 10.1. The molecule has 2 N–H and O–H groups in total. The number of para-hydroxylation sites is 1. The van der Waals surface area contributed by atoms with Crippen LogP contribution in [0, 0.1) is 0 Å². The van der Waals surface area contributed by atoms with Crippen LogP contribution in [0.25, 0.3) is 0 Å². The predicted molar refractivity (Wildman–Crippen MR) is 78.3 cm³/mol. The molecule has 0 heterocycles. The van der Waals surface area contributed by atoms with E-state index in [1.54, 1.807) is 19.2 Å². The summed E-state index contributed by atoms with van der Waals surface area (Å²) in [5.74, 6) is 0.542. The van der Waals surface area contributed by atoms with Gasteiger partial charge in [0.15, 0.2) is 0 Å². The number of carbonyl (C=O) groups is 1. The molecule has 0 bridgehead atoms. The molecule has 4 nitrogen and oxygen atoms in total. The number of amides is 1. The van der Waals surface area contributed by atoms with E-state index < -0.39 is 0 Å². The summed E-state index contributed by atoms with van der Waals surface area (Å²) in [6.07, 6.45) is -0.380. The van der Waals surface area contributed by atoms with Crippen LogP contribution in [0.1, 0.15) is 11.1 Å². The third-order valence-electron chi connectivity index (χ3n) is 2.91. The fourth-order valence-electron chi connectivity index (χ4n) is 1.86. The molecule has 2 rings (SSSR count). The molecule has 0 unspecified atom stereocenters. The molecule has 0 aliphatic rings. The van der Waals surface area contributed by atoms with E-state index in [2.05, 4.69) is 0 Å².